The summed E-state index contributed by atoms with van der Waals surface area (Å²) in [5.74, 6) is 1.12. The summed E-state index contributed by atoms with van der Waals surface area (Å²) in [6.45, 7) is 0. The molecule has 0 aliphatic carbocycles. The minimum absolute atomic E-state index is 0.464. The summed E-state index contributed by atoms with van der Waals surface area (Å²) in [5.41, 5.74) is 9.05. The number of hydrogen-bond donors (Lipinski definition) is 2. The summed E-state index contributed by atoms with van der Waals surface area (Å²) in [6.07, 6.45) is 1.60. The average molecular weight is 362 g/mol. The number of nitrogens with two attached hydrogens (primary N) is 1. The van der Waals surface area contributed by atoms with Crippen molar-refractivity contribution in [3.63, 3.8) is 0 Å². The molecule has 0 saturated heterocycles. The standard InChI is InChI=1S/C11H10BrClN4OS/c1-18-10-6(2-7(13)3-8(10)12)4-15-17-11-16-9(14)5-19-11/h2-5H,14H2,1H3,(H,16,17). The van der Waals surface area contributed by atoms with E-state index in [9.17, 15) is 0 Å². The van der Waals surface area contributed by atoms with Crippen molar-refractivity contribution < 1.29 is 4.74 Å². The van der Waals surface area contributed by atoms with Crippen LogP contribution >= 0.6 is 38.9 Å². The molecule has 0 amide bonds. The molecule has 0 atom stereocenters. The second kappa shape index (κ2) is 6.23. The van der Waals surface area contributed by atoms with E-state index in [1.54, 1.807) is 30.8 Å². The molecule has 0 fully saturated rings. The van der Waals surface area contributed by atoms with Crippen molar-refractivity contribution in [1.29, 1.82) is 0 Å². The van der Waals surface area contributed by atoms with Gasteiger partial charge in [0.25, 0.3) is 0 Å². The van der Waals surface area contributed by atoms with Gasteiger partial charge in [-0.25, -0.2) is 4.98 Å². The fraction of sp³-hybridized carbons (Fsp3) is 0.0909. The van der Waals surface area contributed by atoms with E-state index >= 15 is 0 Å². The van der Waals surface area contributed by atoms with E-state index < -0.39 is 0 Å². The number of ether oxygens (including phenoxy) is 1. The van der Waals surface area contributed by atoms with Gasteiger partial charge in [0, 0.05) is 16.0 Å². The lowest BCUT2D eigenvalue weighted by Gasteiger charge is -2.07. The van der Waals surface area contributed by atoms with Gasteiger partial charge in [-0.15, -0.1) is 11.3 Å². The van der Waals surface area contributed by atoms with E-state index in [1.807, 2.05) is 0 Å². The Balaban J connectivity index is 2.18. The minimum atomic E-state index is 0.464. The largest absolute Gasteiger partial charge is 0.495 e. The summed E-state index contributed by atoms with van der Waals surface area (Å²) in [7, 11) is 1.58. The summed E-state index contributed by atoms with van der Waals surface area (Å²) in [4.78, 5) is 4.02. The Hall–Kier alpha value is -1.31. The van der Waals surface area contributed by atoms with Crippen molar-refractivity contribution >= 4 is 56.0 Å². The van der Waals surface area contributed by atoms with Gasteiger partial charge in [-0.2, -0.15) is 5.10 Å². The Morgan fingerprint density at radius 1 is 1.58 bits per heavy atom. The molecule has 2 rings (SSSR count). The molecular formula is C11H10BrClN4OS. The number of nitrogen functional groups attached to an aromatic ring is 1. The third kappa shape index (κ3) is 3.59. The highest BCUT2D eigenvalue weighted by Crippen LogP contribution is 2.31. The predicted octanol–water partition coefficient (Wildman–Crippen LogP) is 3.60. The van der Waals surface area contributed by atoms with Crippen LogP contribution in [0.15, 0.2) is 27.1 Å². The maximum Gasteiger partial charge on any atom is 0.205 e. The first-order chi connectivity index (χ1) is 9.10. The van der Waals surface area contributed by atoms with Crippen molar-refractivity contribution in [2.45, 2.75) is 0 Å². The summed E-state index contributed by atoms with van der Waals surface area (Å²) < 4.78 is 6.05. The van der Waals surface area contributed by atoms with Crippen LogP contribution in [0.25, 0.3) is 0 Å². The molecule has 1 aromatic heterocycles. The van der Waals surface area contributed by atoms with Crippen LogP contribution in [-0.4, -0.2) is 18.3 Å². The second-order valence-corrected chi connectivity index (χ2v) is 5.61. The molecule has 8 heteroatoms. The predicted molar refractivity (Wildman–Crippen MR) is 83.4 cm³/mol. The van der Waals surface area contributed by atoms with E-state index in [0.29, 0.717) is 21.7 Å². The topological polar surface area (TPSA) is 72.5 Å². The average Bonchev–Trinajstić information content (AvgIpc) is 2.74. The number of halogens is 2. The highest BCUT2D eigenvalue weighted by atomic mass is 79.9. The molecule has 0 aliphatic heterocycles. The highest BCUT2D eigenvalue weighted by Gasteiger charge is 2.07. The minimum Gasteiger partial charge on any atom is -0.495 e. The molecule has 2 aromatic rings. The molecule has 3 N–H and O–H groups in total. The number of rotatable bonds is 4. The van der Waals surface area contributed by atoms with Gasteiger partial charge in [0.1, 0.15) is 11.6 Å². The molecular weight excluding hydrogens is 352 g/mol. The third-order valence-electron chi connectivity index (χ3n) is 2.13. The van der Waals surface area contributed by atoms with Crippen LogP contribution in [0, 0.1) is 0 Å². The number of anilines is 2. The molecule has 1 aromatic carbocycles. The van der Waals surface area contributed by atoms with Crippen molar-refractivity contribution in [3.05, 3.63) is 32.6 Å². The van der Waals surface area contributed by atoms with Crippen LogP contribution in [0.4, 0.5) is 10.9 Å². The quantitative estimate of drug-likeness (QED) is 0.645. The van der Waals surface area contributed by atoms with E-state index in [4.69, 9.17) is 22.1 Å². The number of nitrogens with one attached hydrogen (secondary N) is 1. The normalized spacial score (nSPS) is 10.9. The smallest absolute Gasteiger partial charge is 0.205 e. The zero-order chi connectivity index (χ0) is 13.8. The van der Waals surface area contributed by atoms with Crippen molar-refractivity contribution in [2.24, 2.45) is 5.10 Å². The Morgan fingerprint density at radius 2 is 2.37 bits per heavy atom. The number of methoxy groups -OCH3 is 1. The zero-order valence-electron chi connectivity index (χ0n) is 9.85. The number of hydrazone groups is 1. The van der Waals surface area contributed by atoms with E-state index in [1.165, 1.54) is 11.3 Å². The Bertz CT molecular complexity index is 617. The van der Waals surface area contributed by atoms with Crippen LogP contribution in [0.1, 0.15) is 5.56 Å². The van der Waals surface area contributed by atoms with Crippen LogP contribution in [0.5, 0.6) is 5.75 Å². The highest BCUT2D eigenvalue weighted by molar-refractivity contribution is 9.10. The lowest BCUT2D eigenvalue weighted by Crippen LogP contribution is -1.95. The van der Waals surface area contributed by atoms with Gasteiger partial charge >= 0.3 is 0 Å². The lowest BCUT2D eigenvalue weighted by molar-refractivity contribution is 0.411. The maximum absolute atomic E-state index is 5.98. The van der Waals surface area contributed by atoms with Gasteiger partial charge in [0.2, 0.25) is 5.13 Å². The number of aromatic nitrogens is 1. The molecule has 0 saturated carbocycles. The molecule has 19 heavy (non-hydrogen) atoms. The molecule has 0 unspecified atom stereocenters. The van der Waals surface area contributed by atoms with E-state index in [-0.39, 0.29) is 0 Å². The number of thiazole rings is 1. The van der Waals surface area contributed by atoms with E-state index in [2.05, 4.69) is 31.4 Å². The summed E-state index contributed by atoms with van der Waals surface area (Å²) >= 11 is 10.7. The van der Waals surface area contributed by atoms with Crippen LogP contribution in [-0.2, 0) is 0 Å². The molecule has 5 nitrogen and oxygen atoms in total. The van der Waals surface area contributed by atoms with Crippen molar-refractivity contribution in [1.82, 2.24) is 4.98 Å². The SMILES string of the molecule is COc1c(Br)cc(Cl)cc1C=NNc1nc(N)cs1. The summed E-state index contributed by atoms with van der Waals surface area (Å²) in [6, 6.07) is 3.51. The zero-order valence-corrected chi connectivity index (χ0v) is 13.0. The first-order valence-electron chi connectivity index (χ1n) is 5.13. The maximum atomic E-state index is 5.98. The monoisotopic (exact) mass is 360 g/mol. The second-order valence-electron chi connectivity index (χ2n) is 3.46. The molecule has 0 bridgehead atoms. The van der Waals surface area contributed by atoms with Crippen LogP contribution in [0.3, 0.4) is 0 Å². The first-order valence-corrected chi connectivity index (χ1v) is 7.18. The van der Waals surface area contributed by atoms with Gasteiger partial charge in [-0.1, -0.05) is 11.6 Å². The van der Waals surface area contributed by atoms with Gasteiger partial charge in [-0.05, 0) is 28.1 Å². The first kappa shape index (κ1) is 14.1. The lowest BCUT2D eigenvalue weighted by atomic mass is 10.2. The van der Waals surface area contributed by atoms with Crippen LogP contribution < -0.4 is 15.9 Å². The van der Waals surface area contributed by atoms with Gasteiger partial charge < -0.3 is 10.5 Å². The molecule has 100 valence electrons. The van der Waals surface area contributed by atoms with Crippen molar-refractivity contribution in [3.8, 4) is 5.75 Å². The third-order valence-corrected chi connectivity index (χ3v) is 3.70. The number of benzene rings is 1. The van der Waals surface area contributed by atoms with Crippen LogP contribution in [0.2, 0.25) is 5.02 Å². The molecule has 0 spiro atoms. The van der Waals surface area contributed by atoms with E-state index in [0.717, 1.165) is 10.0 Å². The molecule has 0 radical (unpaired) electrons. The molecule has 1 heterocycles. The van der Waals surface area contributed by atoms with Crippen molar-refractivity contribution in [2.75, 3.05) is 18.3 Å². The fourth-order valence-electron chi connectivity index (χ4n) is 1.39. The number of hydrogen-bond acceptors (Lipinski definition) is 6. The Labute approximate surface area is 127 Å². The summed E-state index contributed by atoms with van der Waals surface area (Å²) in [5, 5.41) is 7.01. The molecule has 0 aliphatic rings. The van der Waals surface area contributed by atoms with Gasteiger partial charge in [0.05, 0.1) is 17.8 Å². The fourth-order valence-corrected chi connectivity index (χ4v) is 2.93. The number of nitrogens with zero attached hydrogens (tertiary/aromatic N) is 2. The Morgan fingerprint density at radius 3 is 3.00 bits per heavy atom. The van der Waals surface area contributed by atoms with Gasteiger partial charge in [-0.3, -0.25) is 5.43 Å². The Kier molecular flexibility index (Phi) is 4.62. The van der Waals surface area contributed by atoms with Gasteiger partial charge in [0.15, 0.2) is 0 Å².